The molecule has 17 heavy (non-hydrogen) atoms. The number of nitrogens with two attached hydrogens (primary N) is 1. The van der Waals surface area contributed by atoms with Crippen LogP contribution in [0.1, 0.15) is 10.4 Å². The van der Waals surface area contributed by atoms with Crippen LogP contribution in [-0.2, 0) is 0 Å². The predicted octanol–water partition coefficient (Wildman–Crippen LogP) is 1.46. The van der Waals surface area contributed by atoms with Crippen LogP contribution in [-0.4, -0.2) is 15.9 Å². The maximum atomic E-state index is 12.9. The minimum Gasteiger partial charge on any atom is -0.365 e. The fourth-order valence-corrected chi connectivity index (χ4v) is 1.32. The second kappa shape index (κ2) is 4.56. The lowest BCUT2D eigenvalue weighted by Gasteiger charge is -2.07. The molecule has 2 aromatic heterocycles. The Morgan fingerprint density at radius 3 is 2.94 bits per heavy atom. The number of pyridine rings is 2. The highest BCUT2D eigenvalue weighted by molar-refractivity contribution is 5.98. The van der Waals surface area contributed by atoms with E-state index in [1.54, 1.807) is 6.07 Å². The van der Waals surface area contributed by atoms with Gasteiger partial charge < -0.3 is 11.1 Å². The maximum absolute atomic E-state index is 12.9. The molecule has 0 aliphatic heterocycles. The summed E-state index contributed by atoms with van der Waals surface area (Å²) in [5.41, 5.74) is 5.82. The summed E-state index contributed by atoms with van der Waals surface area (Å²) in [5.74, 6) is -0.816. The molecule has 2 rings (SSSR count). The molecule has 0 fully saturated rings. The molecular formula is C11H9FN4O. The van der Waals surface area contributed by atoms with E-state index in [1.165, 1.54) is 24.5 Å². The monoisotopic (exact) mass is 232 g/mol. The Kier molecular flexibility index (Phi) is 2.95. The molecule has 0 bridgehead atoms. The minimum absolute atomic E-state index is 0.233. The molecular weight excluding hydrogens is 223 g/mol. The van der Waals surface area contributed by atoms with Crippen molar-refractivity contribution in [1.29, 1.82) is 0 Å². The maximum Gasteiger partial charge on any atom is 0.252 e. The number of carbonyl (C=O) groups is 1. The number of nitrogens with one attached hydrogen (secondary N) is 1. The van der Waals surface area contributed by atoms with E-state index in [0.717, 1.165) is 6.20 Å². The van der Waals surface area contributed by atoms with Crippen LogP contribution in [0.4, 0.5) is 15.9 Å². The molecule has 2 heterocycles. The number of rotatable bonds is 3. The smallest absolute Gasteiger partial charge is 0.252 e. The third kappa shape index (κ3) is 2.54. The van der Waals surface area contributed by atoms with Gasteiger partial charge in [-0.15, -0.1) is 0 Å². The molecule has 0 unspecified atom stereocenters. The van der Waals surface area contributed by atoms with Crippen LogP contribution in [0.2, 0.25) is 0 Å². The van der Waals surface area contributed by atoms with Crippen LogP contribution < -0.4 is 11.1 Å². The van der Waals surface area contributed by atoms with Gasteiger partial charge in [0.05, 0.1) is 23.6 Å². The van der Waals surface area contributed by atoms with Gasteiger partial charge in [-0.2, -0.15) is 0 Å². The summed E-state index contributed by atoms with van der Waals surface area (Å²) in [4.78, 5) is 18.8. The lowest BCUT2D eigenvalue weighted by atomic mass is 10.2. The number of aromatic nitrogens is 2. The predicted molar refractivity (Wildman–Crippen MR) is 60.2 cm³/mol. The van der Waals surface area contributed by atoms with E-state index in [-0.39, 0.29) is 11.4 Å². The first-order chi connectivity index (χ1) is 8.16. The number of hydrogen-bond donors (Lipinski definition) is 2. The van der Waals surface area contributed by atoms with Crippen LogP contribution in [0, 0.1) is 5.82 Å². The molecule has 0 spiro atoms. The average molecular weight is 232 g/mol. The highest BCUT2D eigenvalue weighted by Crippen LogP contribution is 2.17. The molecule has 0 aliphatic carbocycles. The largest absolute Gasteiger partial charge is 0.365 e. The van der Waals surface area contributed by atoms with Gasteiger partial charge in [0.25, 0.3) is 5.91 Å². The number of amides is 1. The van der Waals surface area contributed by atoms with Crippen molar-refractivity contribution < 1.29 is 9.18 Å². The third-order valence-corrected chi connectivity index (χ3v) is 2.04. The van der Waals surface area contributed by atoms with E-state index >= 15 is 0 Å². The van der Waals surface area contributed by atoms with Crippen molar-refractivity contribution in [2.75, 3.05) is 5.32 Å². The summed E-state index contributed by atoms with van der Waals surface area (Å²) in [6, 6.07) is 4.37. The second-order valence-corrected chi connectivity index (χ2v) is 3.28. The summed E-state index contributed by atoms with van der Waals surface area (Å²) >= 11 is 0. The molecule has 0 atom stereocenters. The lowest BCUT2D eigenvalue weighted by Crippen LogP contribution is -2.14. The standard InChI is InChI=1S/C11H9FN4O/c12-7-4-8(6-14-5-7)16-11-9(10(13)17)2-1-3-15-11/h1-6H,(H2,13,17)(H,15,16). The Balaban J connectivity index is 2.33. The number of halogens is 1. The van der Waals surface area contributed by atoms with Crippen molar-refractivity contribution in [2.24, 2.45) is 5.73 Å². The van der Waals surface area contributed by atoms with Gasteiger partial charge in [-0.05, 0) is 12.1 Å². The van der Waals surface area contributed by atoms with Gasteiger partial charge in [-0.3, -0.25) is 9.78 Å². The zero-order valence-corrected chi connectivity index (χ0v) is 8.72. The van der Waals surface area contributed by atoms with Crippen molar-refractivity contribution in [1.82, 2.24) is 9.97 Å². The molecule has 3 N–H and O–H groups in total. The molecule has 2 aromatic rings. The van der Waals surface area contributed by atoms with Crippen LogP contribution in [0.15, 0.2) is 36.8 Å². The van der Waals surface area contributed by atoms with Gasteiger partial charge in [0.2, 0.25) is 0 Å². The Morgan fingerprint density at radius 2 is 2.24 bits per heavy atom. The van der Waals surface area contributed by atoms with Gasteiger partial charge >= 0.3 is 0 Å². The SMILES string of the molecule is NC(=O)c1cccnc1Nc1cncc(F)c1. The summed E-state index contributed by atoms with van der Waals surface area (Å²) in [5, 5.41) is 2.78. The Morgan fingerprint density at radius 1 is 1.41 bits per heavy atom. The summed E-state index contributed by atoms with van der Waals surface area (Å²) < 4.78 is 12.9. The van der Waals surface area contributed by atoms with E-state index in [0.29, 0.717) is 5.69 Å². The molecule has 0 saturated heterocycles. The molecule has 6 heteroatoms. The molecule has 0 saturated carbocycles. The summed E-state index contributed by atoms with van der Waals surface area (Å²) in [6.45, 7) is 0. The van der Waals surface area contributed by atoms with Crippen molar-refractivity contribution in [3.63, 3.8) is 0 Å². The first kappa shape index (κ1) is 11.0. The van der Waals surface area contributed by atoms with Crippen molar-refractivity contribution >= 4 is 17.4 Å². The van der Waals surface area contributed by atoms with Gasteiger partial charge in [0.1, 0.15) is 11.6 Å². The number of hydrogen-bond acceptors (Lipinski definition) is 4. The van der Waals surface area contributed by atoms with E-state index in [1.807, 2.05) is 0 Å². The zero-order valence-electron chi connectivity index (χ0n) is 8.72. The van der Waals surface area contributed by atoms with Gasteiger partial charge in [0.15, 0.2) is 0 Å². The number of carbonyl (C=O) groups excluding carboxylic acids is 1. The van der Waals surface area contributed by atoms with Crippen LogP contribution in [0.3, 0.4) is 0 Å². The van der Waals surface area contributed by atoms with Gasteiger partial charge in [-0.1, -0.05) is 0 Å². The molecule has 0 radical (unpaired) electrons. The Labute approximate surface area is 96.5 Å². The number of anilines is 2. The van der Waals surface area contributed by atoms with Crippen LogP contribution in [0.5, 0.6) is 0 Å². The zero-order chi connectivity index (χ0) is 12.3. The topological polar surface area (TPSA) is 80.9 Å². The minimum atomic E-state index is -0.607. The number of primary amides is 1. The molecule has 0 aromatic carbocycles. The van der Waals surface area contributed by atoms with Crippen molar-refractivity contribution in [3.05, 3.63) is 48.2 Å². The van der Waals surface area contributed by atoms with E-state index in [2.05, 4.69) is 15.3 Å². The highest BCUT2D eigenvalue weighted by Gasteiger charge is 2.08. The van der Waals surface area contributed by atoms with Crippen LogP contribution >= 0.6 is 0 Å². The first-order valence-electron chi connectivity index (χ1n) is 4.79. The Hall–Kier alpha value is -2.50. The van der Waals surface area contributed by atoms with Gasteiger partial charge in [0, 0.05) is 12.3 Å². The van der Waals surface area contributed by atoms with E-state index < -0.39 is 11.7 Å². The molecule has 86 valence electrons. The second-order valence-electron chi connectivity index (χ2n) is 3.28. The summed E-state index contributed by atoms with van der Waals surface area (Å²) in [7, 11) is 0. The highest BCUT2D eigenvalue weighted by atomic mass is 19.1. The van der Waals surface area contributed by atoms with Gasteiger partial charge in [-0.25, -0.2) is 9.37 Å². The fourth-order valence-electron chi connectivity index (χ4n) is 1.32. The van der Waals surface area contributed by atoms with Crippen molar-refractivity contribution in [2.45, 2.75) is 0 Å². The average Bonchev–Trinajstić information content (AvgIpc) is 2.29. The molecule has 1 amide bonds. The van der Waals surface area contributed by atoms with Crippen LogP contribution in [0.25, 0.3) is 0 Å². The lowest BCUT2D eigenvalue weighted by molar-refractivity contribution is 0.100. The third-order valence-electron chi connectivity index (χ3n) is 2.04. The molecule has 0 aliphatic rings. The Bertz CT molecular complexity index is 559. The summed E-state index contributed by atoms with van der Waals surface area (Å²) in [6.07, 6.45) is 4.00. The normalized spacial score (nSPS) is 9.94. The molecule has 5 nitrogen and oxygen atoms in total. The quantitative estimate of drug-likeness (QED) is 0.839. The van der Waals surface area contributed by atoms with E-state index in [9.17, 15) is 9.18 Å². The van der Waals surface area contributed by atoms with E-state index in [4.69, 9.17) is 5.73 Å². The fraction of sp³-hybridized carbons (Fsp3) is 0. The first-order valence-corrected chi connectivity index (χ1v) is 4.79. The van der Waals surface area contributed by atoms with Crippen molar-refractivity contribution in [3.8, 4) is 0 Å². The number of nitrogens with zero attached hydrogens (tertiary/aromatic N) is 2.